The zero-order valence-electron chi connectivity index (χ0n) is 14.3. The second-order valence-electron chi connectivity index (χ2n) is 7.27. The number of urea groups is 1. The Labute approximate surface area is 152 Å². The van der Waals surface area contributed by atoms with Gasteiger partial charge in [-0.15, -0.1) is 0 Å². The minimum absolute atomic E-state index is 0.0664. The Morgan fingerprint density at radius 3 is 2.80 bits per heavy atom. The lowest BCUT2D eigenvalue weighted by Crippen LogP contribution is -2.51. The minimum Gasteiger partial charge on any atom is -0.353 e. The highest BCUT2D eigenvalue weighted by atomic mass is 35.5. The third-order valence-corrected chi connectivity index (χ3v) is 6.24. The third-order valence-electron chi connectivity index (χ3n) is 5.98. The summed E-state index contributed by atoms with van der Waals surface area (Å²) in [6.07, 6.45) is 7.02. The van der Waals surface area contributed by atoms with Crippen molar-refractivity contribution in [2.45, 2.75) is 43.7 Å². The van der Waals surface area contributed by atoms with Crippen LogP contribution in [-0.4, -0.2) is 64.1 Å². The zero-order chi connectivity index (χ0) is 17.6. The van der Waals surface area contributed by atoms with Crippen LogP contribution in [-0.2, 0) is 0 Å². The van der Waals surface area contributed by atoms with Crippen molar-refractivity contribution in [3.8, 4) is 6.07 Å². The Balaban J connectivity index is 1.51. The molecule has 3 aliphatic rings. The molecule has 1 unspecified atom stereocenters. The first-order valence-electron chi connectivity index (χ1n) is 8.76. The van der Waals surface area contributed by atoms with Crippen molar-refractivity contribution < 1.29 is 4.79 Å². The van der Waals surface area contributed by atoms with Crippen molar-refractivity contribution in [3.63, 3.8) is 0 Å². The number of aromatic nitrogens is 2. The van der Waals surface area contributed by atoms with E-state index in [1.165, 1.54) is 6.42 Å². The van der Waals surface area contributed by atoms with Crippen LogP contribution in [0.1, 0.15) is 37.8 Å². The summed E-state index contributed by atoms with van der Waals surface area (Å²) in [7, 11) is 1.94. The predicted octanol–water partition coefficient (Wildman–Crippen LogP) is 2.26. The highest BCUT2D eigenvalue weighted by molar-refractivity contribution is 6.30. The second kappa shape index (κ2) is 6.03. The number of nitriles is 1. The molecule has 0 aromatic carbocycles. The number of hydrogen-bond donors (Lipinski definition) is 0. The maximum absolute atomic E-state index is 12.7. The van der Waals surface area contributed by atoms with Crippen LogP contribution in [0.2, 0.25) is 5.15 Å². The average molecular weight is 361 g/mol. The number of halogens is 1. The summed E-state index contributed by atoms with van der Waals surface area (Å²) in [6.45, 7) is 2.42. The van der Waals surface area contributed by atoms with E-state index in [0.717, 1.165) is 45.3 Å². The van der Waals surface area contributed by atoms with Crippen molar-refractivity contribution in [1.29, 1.82) is 5.26 Å². The molecule has 3 heterocycles. The van der Waals surface area contributed by atoms with Gasteiger partial charge in [-0.3, -0.25) is 0 Å². The number of piperidine rings is 1. The standard InChI is InChI=1S/C17H21ClN6O/c1-22-16(25)24(11-17(22)5-3-6-17)12-4-2-7-23(10-12)14-9-20-13(8-19)15(18)21-14/h9,12H,2-7,10-11H2,1H3. The molecule has 2 saturated heterocycles. The summed E-state index contributed by atoms with van der Waals surface area (Å²) in [4.78, 5) is 27.3. The Morgan fingerprint density at radius 2 is 2.20 bits per heavy atom. The fourth-order valence-electron chi connectivity index (χ4n) is 4.25. The SMILES string of the molecule is CN1C(=O)N(C2CCCN(c3cnc(C#N)c(Cl)n3)C2)CC12CCC2. The smallest absolute Gasteiger partial charge is 0.320 e. The van der Waals surface area contributed by atoms with Gasteiger partial charge in [-0.1, -0.05) is 11.6 Å². The summed E-state index contributed by atoms with van der Waals surface area (Å²) in [5.41, 5.74) is 0.207. The van der Waals surface area contributed by atoms with Crippen LogP contribution < -0.4 is 4.90 Å². The summed E-state index contributed by atoms with van der Waals surface area (Å²) in [6, 6.07) is 2.26. The Kier molecular flexibility index (Phi) is 3.95. The first-order valence-corrected chi connectivity index (χ1v) is 9.14. The van der Waals surface area contributed by atoms with Gasteiger partial charge in [0.1, 0.15) is 11.9 Å². The monoisotopic (exact) mass is 360 g/mol. The summed E-state index contributed by atoms with van der Waals surface area (Å²) >= 11 is 6.02. The molecular formula is C17H21ClN6O. The maximum Gasteiger partial charge on any atom is 0.320 e. The lowest BCUT2D eigenvalue weighted by molar-refractivity contribution is 0.104. The van der Waals surface area contributed by atoms with E-state index in [2.05, 4.69) is 14.9 Å². The summed E-state index contributed by atoms with van der Waals surface area (Å²) in [5.74, 6) is 0.673. The molecule has 2 amide bonds. The molecule has 4 rings (SSSR count). The van der Waals surface area contributed by atoms with E-state index in [0.29, 0.717) is 5.82 Å². The van der Waals surface area contributed by atoms with E-state index in [9.17, 15) is 4.79 Å². The minimum atomic E-state index is 0.0664. The van der Waals surface area contributed by atoms with Gasteiger partial charge in [0.25, 0.3) is 0 Å². The van der Waals surface area contributed by atoms with Crippen molar-refractivity contribution in [1.82, 2.24) is 19.8 Å². The molecule has 0 radical (unpaired) electrons. The number of hydrogen-bond acceptors (Lipinski definition) is 5. The molecular weight excluding hydrogens is 340 g/mol. The molecule has 0 N–H and O–H groups in total. The summed E-state index contributed by atoms with van der Waals surface area (Å²) in [5, 5.41) is 9.07. The van der Waals surface area contributed by atoms with Gasteiger partial charge in [0.05, 0.1) is 17.8 Å². The van der Waals surface area contributed by atoms with Crippen LogP contribution in [0.4, 0.5) is 10.6 Å². The molecule has 132 valence electrons. The number of amides is 2. The van der Waals surface area contributed by atoms with Crippen LogP contribution in [0.3, 0.4) is 0 Å². The number of carbonyl (C=O) groups excluding carboxylic acids is 1. The predicted molar refractivity (Wildman–Crippen MR) is 93.4 cm³/mol. The highest BCUT2D eigenvalue weighted by Gasteiger charge is 2.53. The first-order chi connectivity index (χ1) is 12.0. The molecule has 1 saturated carbocycles. The number of anilines is 1. The Morgan fingerprint density at radius 1 is 1.40 bits per heavy atom. The van der Waals surface area contributed by atoms with Gasteiger partial charge in [-0.2, -0.15) is 5.26 Å². The molecule has 1 atom stereocenters. The van der Waals surface area contributed by atoms with Crippen LogP contribution in [0.5, 0.6) is 0 Å². The van der Waals surface area contributed by atoms with Gasteiger partial charge < -0.3 is 14.7 Å². The normalized spacial score (nSPS) is 25.2. The summed E-state index contributed by atoms with van der Waals surface area (Å²) < 4.78 is 0. The van der Waals surface area contributed by atoms with Gasteiger partial charge in [-0.05, 0) is 32.1 Å². The molecule has 1 aliphatic carbocycles. The molecule has 1 spiro atoms. The van der Waals surface area contributed by atoms with E-state index in [1.54, 1.807) is 6.20 Å². The number of likely N-dealkylation sites (N-methyl/N-ethyl adjacent to an activating group) is 1. The molecule has 2 aliphatic heterocycles. The van der Waals surface area contributed by atoms with Gasteiger partial charge >= 0.3 is 6.03 Å². The van der Waals surface area contributed by atoms with Crippen LogP contribution in [0.25, 0.3) is 0 Å². The lowest BCUT2D eigenvalue weighted by atomic mass is 9.76. The number of rotatable bonds is 2. The van der Waals surface area contributed by atoms with E-state index < -0.39 is 0 Å². The Bertz CT molecular complexity index is 743. The van der Waals surface area contributed by atoms with Gasteiger partial charge in [0.15, 0.2) is 10.8 Å². The van der Waals surface area contributed by atoms with E-state index in [1.807, 2.05) is 22.9 Å². The fraction of sp³-hybridized carbons (Fsp3) is 0.647. The molecule has 7 nitrogen and oxygen atoms in total. The van der Waals surface area contributed by atoms with Crippen LogP contribution in [0, 0.1) is 11.3 Å². The maximum atomic E-state index is 12.7. The molecule has 0 bridgehead atoms. The van der Waals surface area contributed by atoms with Crippen molar-refractivity contribution >= 4 is 23.4 Å². The topological polar surface area (TPSA) is 76.4 Å². The third kappa shape index (κ3) is 2.60. The number of nitrogens with zero attached hydrogens (tertiary/aromatic N) is 6. The van der Waals surface area contributed by atoms with E-state index >= 15 is 0 Å². The molecule has 1 aromatic heterocycles. The number of carbonyl (C=O) groups is 1. The van der Waals surface area contributed by atoms with Gasteiger partial charge in [0, 0.05) is 26.7 Å². The van der Waals surface area contributed by atoms with Crippen LogP contribution >= 0.6 is 11.6 Å². The van der Waals surface area contributed by atoms with Crippen molar-refractivity contribution in [2.24, 2.45) is 0 Å². The van der Waals surface area contributed by atoms with E-state index in [-0.39, 0.29) is 28.5 Å². The van der Waals surface area contributed by atoms with Crippen molar-refractivity contribution in [3.05, 3.63) is 17.0 Å². The van der Waals surface area contributed by atoms with E-state index in [4.69, 9.17) is 16.9 Å². The zero-order valence-corrected chi connectivity index (χ0v) is 15.0. The average Bonchev–Trinajstić information content (AvgIpc) is 2.87. The van der Waals surface area contributed by atoms with Gasteiger partial charge in [0.2, 0.25) is 0 Å². The molecule has 25 heavy (non-hydrogen) atoms. The quantitative estimate of drug-likeness (QED) is 0.808. The molecule has 8 heteroatoms. The Hall–Kier alpha value is -2.07. The molecule has 1 aromatic rings. The first kappa shape index (κ1) is 16.4. The second-order valence-corrected chi connectivity index (χ2v) is 7.63. The fourth-order valence-corrected chi connectivity index (χ4v) is 4.43. The van der Waals surface area contributed by atoms with Crippen molar-refractivity contribution in [2.75, 3.05) is 31.6 Å². The largest absolute Gasteiger partial charge is 0.353 e. The highest BCUT2D eigenvalue weighted by Crippen LogP contribution is 2.43. The lowest BCUT2D eigenvalue weighted by Gasteiger charge is -2.43. The molecule has 3 fully saturated rings. The van der Waals surface area contributed by atoms with Gasteiger partial charge in [-0.25, -0.2) is 14.8 Å². The van der Waals surface area contributed by atoms with Crippen LogP contribution in [0.15, 0.2) is 6.20 Å².